The maximum absolute atomic E-state index is 13.7. The predicted octanol–water partition coefficient (Wildman–Crippen LogP) is 1.68. The van der Waals surface area contributed by atoms with Gasteiger partial charge in [0.25, 0.3) is 5.56 Å². The van der Waals surface area contributed by atoms with Crippen molar-refractivity contribution >= 4 is 25.1 Å². The third kappa shape index (κ3) is 6.15. The molecule has 8 heteroatoms. The number of allylic oxidation sites excluding steroid dienone is 2. The molecule has 162 valence electrons. The van der Waals surface area contributed by atoms with Gasteiger partial charge in [-0.2, -0.15) is 0 Å². The number of piperidine rings is 1. The Morgan fingerprint density at radius 1 is 1.32 bits per heavy atom. The lowest BCUT2D eigenvalue weighted by Gasteiger charge is -2.32. The van der Waals surface area contributed by atoms with Crippen LogP contribution in [-0.2, 0) is 13.1 Å². The zero-order valence-corrected chi connectivity index (χ0v) is 18.0. The molecule has 2 radical (unpaired) electrons. The Kier molecular flexibility index (Phi) is 7.82. The van der Waals surface area contributed by atoms with E-state index in [4.69, 9.17) is 13.6 Å². The average Bonchev–Trinajstić information content (AvgIpc) is 2.77. The van der Waals surface area contributed by atoms with Gasteiger partial charge in [-0.3, -0.25) is 9.78 Å². The Balaban J connectivity index is 1.53. The third-order valence-electron chi connectivity index (χ3n) is 5.71. The van der Waals surface area contributed by atoms with E-state index in [0.717, 1.165) is 49.9 Å². The molecule has 1 aliphatic heterocycles. The van der Waals surface area contributed by atoms with Gasteiger partial charge in [-0.15, -0.1) is 0 Å². The molecule has 0 aliphatic carbocycles. The molecule has 1 saturated heterocycles. The van der Waals surface area contributed by atoms with Crippen LogP contribution >= 0.6 is 0 Å². The van der Waals surface area contributed by atoms with Gasteiger partial charge in [0.1, 0.15) is 13.7 Å². The number of pyridine rings is 2. The molecule has 6 nitrogen and oxygen atoms in total. The van der Waals surface area contributed by atoms with Crippen molar-refractivity contribution < 1.29 is 4.39 Å². The van der Waals surface area contributed by atoms with Crippen LogP contribution in [-0.4, -0.2) is 48.0 Å². The monoisotopic (exact) mass is 421 g/mol. The Bertz CT molecular complexity index is 1010. The smallest absolute Gasteiger partial charge is 0.251 e. The highest BCUT2D eigenvalue weighted by Crippen LogP contribution is 2.16. The number of nitrogen functional groups attached to an aromatic ring is 1. The summed E-state index contributed by atoms with van der Waals surface area (Å²) in [5.74, 6) is -0.524. The molecule has 0 spiro atoms. The van der Waals surface area contributed by atoms with Crippen molar-refractivity contribution in [3.63, 3.8) is 0 Å². The summed E-state index contributed by atoms with van der Waals surface area (Å²) in [6.45, 7) is 9.04. The van der Waals surface area contributed by atoms with Crippen LogP contribution in [0.1, 0.15) is 29.9 Å². The molecular formula is C23H29BFN5O. The largest absolute Gasteiger partial charge is 0.397 e. The lowest BCUT2D eigenvalue weighted by atomic mass is 9.94. The highest BCUT2D eigenvalue weighted by atomic mass is 19.1. The van der Waals surface area contributed by atoms with Crippen LogP contribution in [0.4, 0.5) is 10.1 Å². The molecule has 31 heavy (non-hydrogen) atoms. The SMILES string of the molecule is [B]c1ccc(CNC2CCN(CCn3c(/C=C(/F)C=C)c(N)ccc3=O)CC2)nc1C. The Labute approximate surface area is 184 Å². The summed E-state index contributed by atoms with van der Waals surface area (Å²) in [6.07, 6.45) is 4.38. The number of aryl methyl sites for hydroxylation is 1. The van der Waals surface area contributed by atoms with Crippen LogP contribution in [0.5, 0.6) is 0 Å². The van der Waals surface area contributed by atoms with Crippen molar-refractivity contribution in [2.45, 2.75) is 38.9 Å². The molecule has 0 aromatic carbocycles. The molecule has 0 bridgehead atoms. The highest BCUT2D eigenvalue weighted by Gasteiger charge is 2.19. The van der Waals surface area contributed by atoms with Gasteiger partial charge in [0.15, 0.2) is 0 Å². The van der Waals surface area contributed by atoms with E-state index in [2.05, 4.69) is 21.8 Å². The second-order valence-corrected chi connectivity index (χ2v) is 7.87. The Morgan fingerprint density at radius 2 is 2.06 bits per heavy atom. The summed E-state index contributed by atoms with van der Waals surface area (Å²) in [6, 6.07) is 7.20. The van der Waals surface area contributed by atoms with E-state index in [-0.39, 0.29) is 5.56 Å². The molecule has 0 unspecified atom stereocenters. The second-order valence-electron chi connectivity index (χ2n) is 7.87. The number of nitrogens with zero attached hydrogens (tertiary/aromatic N) is 3. The fourth-order valence-corrected chi connectivity index (χ4v) is 3.77. The first-order valence-corrected chi connectivity index (χ1v) is 10.5. The maximum atomic E-state index is 13.7. The number of aromatic nitrogens is 2. The normalized spacial score (nSPS) is 15.9. The van der Waals surface area contributed by atoms with Gasteiger partial charge in [0.2, 0.25) is 0 Å². The Hall–Kier alpha value is -2.71. The van der Waals surface area contributed by atoms with Crippen LogP contribution < -0.4 is 22.1 Å². The van der Waals surface area contributed by atoms with E-state index in [0.29, 0.717) is 36.0 Å². The summed E-state index contributed by atoms with van der Waals surface area (Å²) in [5, 5.41) is 3.57. The van der Waals surface area contributed by atoms with E-state index >= 15 is 0 Å². The van der Waals surface area contributed by atoms with Crippen LogP contribution in [0.15, 0.2) is 47.5 Å². The summed E-state index contributed by atoms with van der Waals surface area (Å²) in [7, 11) is 5.83. The summed E-state index contributed by atoms with van der Waals surface area (Å²) < 4.78 is 15.3. The zero-order chi connectivity index (χ0) is 22.4. The lowest BCUT2D eigenvalue weighted by molar-refractivity contribution is 0.190. The fourth-order valence-electron chi connectivity index (χ4n) is 3.77. The van der Waals surface area contributed by atoms with E-state index in [1.807, 2.05) is 19.1 Å². The van der Waals surface area contributed by atoms with Gasteiger partial charge in [-0.25, -0.2) is 4.39 Å². The molecule has 1 fully saturated rings. The minimum absolute atomic E-state index is 0.194. The quantitative estimate of drug-likeness (QED) is 0.501. The molecule has 0 saturated carbocycles. The van der Waals surface area contributed by atoms with Gasteiger partial charge in [-0.05, 0) is 57.1 Å². The van der Waals surface area contributed by atoms with Crippen LogP contribution in [0.25, 0.3) is 6.08 Å². The number of nitrogens with two attached hydrogens (primary N) is 1. The Morgan fingerprint density at radius 3 is 2.74 bits per heavy atom. The summed E-state index contributed by atoms with van der Waals surface area (Å²) >= 11 is 0. The summed E-state index contributed by atoms with van der Waals surface area (Å²) in [4.78, 5) is 19.2. The highest BCUT2D eigenvalue weighted by molar-refractivity contribution is 6.33. The second kappa shape index (κ2) is 10.5. The maximum Gasteiger partial charge on any atom is 0.251 e. The minimum atomic E-state index is -0.524. The van der Waals surface area contributed by atoms with Crippen molar-refractivity contribution in [1.82, 2.24) is 19.8 Å². The topological polar surface area (TPSA) is 76.2 Å². The van der Waals surface area contributed by atoms with Gasteiger partial charge >= 0.3 is 0 Å². The zero-order valence-electron chi connectivity index (χ0n) is 18.0. The van der Waals surface area contributed by atoms with Crippen molar-refractivity contribution in [3.05, 3.63) is 70.2 Å². The van der Waals surface area contributed by atoms with Crippen molar-refractivity contribution in [1.29, 1.82) is 0 Å². The first kappa shape index (κ1) is 23.0. The number of hydrogen-bond acceptors (Lipinski definition) is 5. The molecular weight excluding hydrogens is 392 g/mol. The lowest BCUT2D eigenvalue weighted by Crippen LogP contribution is -2.43. The van der Waals surface area contributed by atoms with E-state index < -0.39 is 5.83 Å². The molecule has 0 atom stereocenters. The number of rotatable bonds is 8. The minimum Gasteiger partial charge on any atom is -0.397 e. The van der Waals surface area contributed by atoms with Crippen LogP contribution in [0.2, 0.25) is 0 Å². The standard InChI is InChI=1S/C23H29BFN5O/c1-3-17(25)14-22-21(26)6-7-23(31)30(22)13-12-29-10-8-18(9-11-29)27-15-19-4-5-20(24)16(2)28-19/h3-7,14,18,27H,1,8-13,15,26H2,2H3/b17-14+. The van der Waals surface area contributed by atoms with Crippen molar-refractivity contribution in [2.75, 3.05) is 25.4 Å². The van der Waals surface area contributed by atoms with E-state index in [1.165, 1.54) is 22.8 Å². The molecule has 2 aromatic heterocycles. The van der Waals surface area contributed by atoms with Crippen LogP contribution in [0.3, 0.4) is 0 Å². The van der Waals surface area contributed by atoms with Gasteiger partial charge < -0.3 is 20.5 Å². The van der Waals surface area contributed by atoms with Gasteiger partial charge in [0, 0.05) is 37.4 Å². The molecule has 0 amide bonds. The molecule has 3 rings (SSSR count). The molecule has 2 aromatic rings. The predicted molar refractivity (Wildman–Crippen MR) is 125 cm³/mol. The van der Waals surface area contributed by atoms with Crippen LogP contribution in [0, 0.1) is 6.92 Å². The number of hydrogen-bond donors (Lipinski definition) is 2. The van der Waals surface area contributed by atoms with E-state index in [9.17, 15) is 9.18 Å². The number of nitrogens with one attached hydrogen (secondary N) is 1. The fraction of sp³-hybridized carbons (Fsp3) is 0.391. The molecule has 3 N–H and O–H groups in total. The van der Waals surface area contributed by atoms with Crippen molar-refractivity contribution in [3.8, 4) is 0 Å². The molecule has 3 heterocycles. The number of anilines is 1. The van der Waals surface area contributed by atoms with E-state index in [1.54, 1.807) is 0 Å². The third-order valence-corrected chi connectivity index (χ3v) is 5.71. The number of likely N-dealkylation sites (tertiary alicyclic amines) is 1. The average molecular weight is 421 g/mol. The summed E-state index contributed by atoms with van der Waals surface area (Å²) in [5.41, 5.74) is 9.09. The first-order chi connectivity index (χ1) is 14.9. The first-order valence-electron chi connectivity index (χ1n) is 10.5. The van der Waals surface area contributed by atoms with Gasteiger partial charge in [-0.1, -0.05) is 18.1 Å². The molecule has 1 aliphatic rings. The van der Waals surface area contributed by atoms with Crippen molar-refractivity contribution in [2.24, 2.45) is 0 Å². The number of halogens is 1. The van der Waals surface area contributed by atoms with Gasteiger partial charge in [0.05, 0.1) is 17.1 Å².